The van der Waals surface area contributed by atoms with Gasteiger partial charge in [-0.05, 0) is 60.1 Å². The minimum absolute atomic E-state index is 0.110. The molecule has 0 unspecified atom stereocenters. The van der Waals surface area contributed by atoms with Crippen LogP contribution in [0.25, 0.3) is 11.3 Å². The lowest BCUT2D eigenvalue weighted by atomic mass is 10.2. The van der Waals surface area contributed by atoms with Gasteiger partial charge in [0.25, 0.3) is 0 Å². The molecule has 2 N–H and O–H groups in total. The van der Waals surface area contributed by atoms with E-state index >= 15 is 0 Å². The van der Waals surface area contributed by atoms with Crippen molar-refractivity contribution < 1.29 is 13.2 Å². The van der Waals surface area contributed by atoms with Gasteiger partial charge in [0.15, 0.2) is 0 Å². The van der Waals surface area contributed by atoms with Crippen molar-refractivity contribution in [3.8, 4) is 11.3 Å². The Bertz CT molecular complexity index is 962. The van der Waals surface area contributed by atoms with Crippen molar-refractivity contribution >= 4 is 33.4 Å². The molecule has 0 atom stereocenters. The Hall–Kier alpha value is -2.68. The van der Waals surface area contributed by atoms with Gasteiger partial charge in [-0.3, -0.25) is 4.98 Å². The van der Waals surface area contributed by atoms with Gasteiger partial charge in [-0.1, -0.05) is 0 Å². The van der Waals surface area contributed by atoms with Gasteiger partial charge < -0.3 is 10.6 Å². The van der Waals surface area contributed by atoms with Crippen LogP contribution in [0.1, 0.15) is 19.4 Å². The number of nitrogens with one attached hydrogen (secondary N) is 2. The Kier molecular flexibility index (Phi) is 5.83. The van der Waals surface area contributed by atoms with E-state index < -0.39 is 11.7 Å². The number of anilines is 3. The number of hydrogen-bond donors (Lipinski definition) is 2. The van der Waals surface area contributed by atoms with Crippen molar-refractivity contribution in [1.29, 1.82) is 0 Å². The second kappa shape index (κ2) is 8.14. The monoisotopic (exact) mass is 451 g/mol. The van der Waals surface area contributed by atoms with Gasteiger partial charge in [-0.2, -0.15) is 18.2 Å². The Morgan fingerprint density at radius 1 is 1.00 bits per heavy atom. The number of benzene rings is 1. The standard InChI is InChI=1S/C19H17BrF3N5/c1-11(2)25-18-27-16(12-5-7-24-8-6-12)10-17(28-18)26-15-4-3-13(9-14(15)20)19(21,22)23/h3-11H,1-2H3,(H2,25,26,27,28). The maximum absolute atomic E-state index is 12.9. The summed E-state index contributed by atoms with van der Waals surface area (Å²) in [5.41, 5.74) is 1.24. The van der Waals surface area contributed by atoms with Crippen LogP contribution in [-0.2, 0) is 6.18 Å². The van der Waals surface area contributed by atoms with E-state index in [1.165, 1.54) is 6.07 Å². The van der Waals surface area contributed by atoms with Gasteiger partial charge in [-0.25, -0.2) is 4.98 Å². The van der Waals surface area contributed by atoms with E-state index in [9.17, 15) is 13.2 Å². The minimum atomic E-state index is -4.40. The van der Waals surface area contributed by atoms with Crippen LogP contribution in [0.2, 0.25) is 0 Å². The first-order valence-electron chi connectivity index (χ1n) is 8.42. The van der Waals surface area contributed by atoms with E-state index in [0.29, 0.717) is 23.1 Å². The molecule has 0 aliphatic carbocycles. The first-order valence-corrected chi connectivity index (χ1v) is 9.21. The lowest BCUT2D eigenvalue weighted by Gasteiger charge is -2.15. The summed E-state index contributed by atoms with van der Waals surface area (Å²) >= 11 is 3.19. The third kappa shape index (κ3) is 4.98. The van der Waals surface area contributed by atoms with Gasteiger partial charge in [0.05, 0.1) is 16.9 Å². The maximum atomic E-state index is 12.9. The number of halogens is 4. The number of pyridine rings is 1. The van der Waals surface area contributed by atoms with Crippen LogP contribution in [-0.4, -0.2) is 21.0 Å². The Balaban J connectivity index is 1.97. The summed E-state index contributed by atoms with van der Waals surface area (Å²) in [6.45, 7) is 3.92. The minimum Gasteiger partial charge on any atom is -0.352 e. The second-order valence-corrected chi connectivity index (χ2v) is 7.17. The molecule has 5 nitrogen and oxygen atoms in total. The molecule has 2 aromatic heterocycles. The fourth-order valence-corrected chi connectivity index (χ4v) is 2.91. The maximum Gasteiger partial charge on any atom is 0.416 e. The molecule has 0 amide bonds. The zero-order valence-electron chi connectivity index (χ0n) is 15.0. The lowest BCUT2D eigenvalue weighted by Crippen LogP contribution is -2.13. The fraction of sp³-hybridized carbons (Fsp3) is 0.211. The largest absolute Gasteiger partial charge is 0.416 e. The van der Waals surface area contributed by atoms with E-state index in [2.05, 4.69) is 41.5 Å². The number of nitrogens with zero attached hydrogens (tertiary/aromatic N) is 3. The zero-order chi connectivity index (χ0) is 20.3. The molecule has 0 bridgehead atoms. The number of rotatable bonds is 5. The third-order valence-corrected chi connectivity index (χ3v) is 4.34. The van der Waals surface area contributed by atoms with Gasteiger partial charge in [0.2, 0.25) is 5.95 Å². The van der Waals surface area contributed by atoms with Gasteiger partial charge in [0.1, 0.15) is 5.82 Å². The van der Waals surface area contributed by atoms with Crippen molar-refractivity contribution in [2.24, 2.45) is 0 Å². The normalized spacial score (nSPS) is 11.5. The summed E-state index contributed by atoms with van der Waals surface area (Å²) < 4.78 is 38.9. The van der Waals surface area contributed by atoms with Gasteiger partial charge in [-0.15, -0.1) is 0 Å². The molecule has 0 aliphatic rings. The van der Waals surface area contributed by atoms with Crippen molar-refractivity contribution in [3.63, 3.8) is 0 Å². The molecule has 1 aromatic carbocycles. The van der Waals surface area contributed by atoms with Crippen molar-refractivity contribution in [2.45, 2.75) is 26.1 Å². The SMILES string of the molecule is CC(C)Nc1nc(Nc2ccc(C(F)(F)F)cc2Br)cc(-c2ccncc2)n1. The quantitative estimate of drug-likeness (QED) is 0.506. The molecule has 146 valence electrons. The highest BCUT2D eigenvalue weighted by molar-refractivity contribution is 9.10. The molecule has 0 saturated heterocycles. The highest BCUT2D eigenvalue weighted by Crippen LogP contribution is 2.35. The van der Waals surface area contributed by atoms with Crippen LogP contribution < -0.4 is 10.6 Å². The lowest BCUT2D eigenvalue weighted by molar-refractivity contribution is -0.137. The Morgan fingerprint density at radius 2 is 1.71 bits per heavy atom. The summed E-state index contributed by atoms with van der Waals surface area (Å²) in [6.07, 6.45) is -1.09. The van der Waals surface area contributed by atoms with Crippen LogP contribution in [0, 0.1) is 0 Å². The van der Waals surface area contributed by atoms with Crippen molar-refractivity contribution in [2.75, 3.05) is 10.6 Å². The van der Waals surface area contributed by atoms with Crippen LogP contribution in [0.15, 0.2) is 53.3 Å². The topological polar surface area (TPSA) is 62.7 Å². The van der Waals surface area contributed by atoms with E-state index in [1.54, 1.807) is 18.5 Å². The molecule has 9 heteroatoms. The highest BCUT2D eigenvalue weighted by Gasteiger charge is 2.30. The predicted octanol–water partition coefficient (Wildman–Crippen LogP) is 5.88. The fourth-order valence-electron chi connectivity index (χ4n) is 2.44. The third-order valence-electron chi connectivity index (χ3n) is 3.68. The van der Waals surface area contributed by atoms with Crippen molar-refractivity contribution in [1.82, 2.24) is 15.0 Å². The average molecular weight is 452 g/mol. The summed E-state index contributed by atoms with van der Waals surface area (Å²) in [6, 6.07) is 8.88. The molecule has 2 heterocycles. The average Bonchev–Trinajstić information content (AvgIpc) is 2.62. The summed E-state index contributed by atoms with van der Waals surface area (Å²) in [5.74, 6) is 0.861. The molecule has 3 rings (SSSR count). The van der Waals surface area contributed by atoms with E-state index in [-0.39, 0.29) is 10.5 Å². The van der Waals surface area contributed by atoms with Crippen molar-refractivity contribution in [3.05, 3.63) is 58.8 Å². The molecule has 0 saturated carbocycles. The Labute approximate surface area is 168 Å². The van der Waals surface area contributed by atoms with Crippen LogP contribution in [0.3, 0.4) is 0 Å². The summed E-state index contributed by atoms with van der Waals surface area (Å²) in [4.78, 5) is 12.9. The molecule has 28 heavy (non-hydrogen) atoms. The smallest absolute Gasteiger partial charge is 0.352 e. The molecular weight excluding hydrogens is 435 g/mol. The molecule has 3 aromatic rings. The number of alkyl halides is 3. The number of aromatic nitrogens is 3. The molecule has 0 aliphatic heterocycles. The first kappa shape index (κ1) is 20.1. The van der Waals surface area contributed by atoms with Crippen LogP contribution in [0.4, 0.5) is 30.6 Å². The molecule has 0 spiro atoms. The van der Waals surface area contributed by atoms with Crippen LogP contribution in [0.5, 0.6) is 0 Å². The number of hydrogen-bond acceptors (Lipinski definition) is 5. The summed E-state index contributed by atoms with van der Waals surface area (Å²) in [5, 5.41) is 6.20. The first-order chi connectivity index (χ1) is 13.2. The van der Waals surface area contributed by atoms with Gasteiger partial charge in [0, 0.05) is 34.5 Å². The van der Waals surface area contributed by atoms with Gasteiger partial charge >= 0.3 is 6.18 Å². The Morgan fingerprint density at radius 3 is 2.32 bits per heavy atom. The van der Waals surface area contributed by atoms with E-state index in [4.69, 9.17) is 0 Å². The zero-order valence-corrected chi connectivity index (χ0v) is 16.6. The van der Waals surface area contributed by atoms with E-state index in [0.717, 1.165) is 17.7 Å². The molecule has 0 radical (unpaired) electrons. The molecule has 0 fully saturated rings. The van der Waals surface area contributed by atoms with Crippen LogP contribution >= 0.6 is 15.9 Å². The molecular formula is C19H17BrF3N5. The predicted molar refractivity (Wildman–Crippen MR) is 106 cm³/mol. The van der Waals surface area contributed by atoms with E-state index in [1.807, 2.05) is 26.0 Å². The highest BCUT2D eigenvalue weighted by atomic mass is 79.9. The summed E-state index contributed by atoms with van der Waals surface area (Å²) in [7, 11) is 0. The second-order valence-electron chi connectivity index (χ2n) is 6.31.